The van der Waals surface area contributed by atoms with Crippen molar-refractivity contribution >= 4 is 8.24 Å². The van der Waals surface area contributed by atoms with Gasteiger partial charge in [0.2, 0.25) is 0 Å². The molecule has 2 unspecified atom stereocenters. The summed E-state index contributed by atoms with van der Waals surface area (Å²) in [6.45, 7) is 7.23. The maximum atomic E-state index is 2.52. The zero-order valence-corrected chi connectivity index (χ0v) is 10.8. The standard InChI is InChI=1S/C13H19NSi/c1-15(2,3)14-8-12-10-4-5-11(7-6-10)13(12)9-14/h4-5,8-11H,6-7H2,1-3H3. The highest BCUT2D eigenvalue weighted by atomic mass is 28.3. The molecule has 2 atom stereocenters. The molecule has 1 nitrogen and oxygen atoms in total. The predicted octanol–water partition coefficient (Wildman–Crippen LogP) is 3.70. The van der Waals surface area contributed by atoms with E-state index in [1.165, 1.54) is 12.8 Å². The molecule has 0 aliphatic heterocycles. The lowest BCUT2D eigenvalue weighted by molar-refractivity contribution is 0.557. The molecule has 0 saturated heterocycles. The molecule has 15 heavy (non-hydrogen) atoms. The van der Waals surface area contributed by atoms with Crippen molar-refractivity contribution in [2.45, 2.75) is 44.3 Å². The van der Waals surface area contributed by atoms with Gasteiger partial charge in [0.25, 0.3) is 0 Å². The Morgan fingerprint density at radius 1 is 1.00 bits per heavy atom. The van der Waals surface area contributed by atoms with Gasteiger partial charge in [-0.1, -0.05) is 31.8 Å². The van der Waals surface area contributed by atoms with Gasteiger partial charge in [-0.2, -0.15) is 0 Å². The number of fused-ring (bicyclic) bond motifs is 1. The average molecular weight is 217 g/mol. The van der Waals surface area contributed by atoms with Crippen LogP contribution < -0.4 is 0 Å². The Morgan fingerprint density at radius 2 is 1.47 bits per heavy atom. The summed E-state index contributed by atoms with van der Waals surface area (Å²) in [6, 6.07) is 0. The number of rotatable bonds is 1. The summed E-state index contributed by atoms with van der Waals surface area (Å²) in [5.74, 6) is 1.45. The Morgan fingerprint density at radius 3 is 1.80 bits per heavy atom. The van der Waals surface area contributed by atoms with E-state index in [0.29, 0.717) is 0 Å². The highest BCUT2D eigenvalue weighted by molar-refractivity contribution is 6.74. The van der Waals surface area contributed by atoms with Crippen LogP contribution in [0, 0.1) is 0 Å². The Bertz CT molecular complexity index is 391. The van der Waals surface area contributed by atoms with Crippen LogP contribution in [-0.4, -0.2) is 12.5 Å². The van der Waals surface area contributed by atoms with Gasteiger partial charge < -0.3 is 4.23 Å². The van der Waals surface area contributed by atoms with Crippen molar-refractivity contribution in [3.05, 3.63) is 35.7 Å². The van der Waals surface area contributed by atoms with Crippen LogP contribution >= 0.6 is 0 Å². The van der Waals surface area contributed by atoms with Crippen LogP contribution in [0.2, 0.25) is 19.6 Å². The summed E-state index contributed by atoms with van der Waals surface area (Å²) < 4.78 is 2.52. The van der Waals surface area contributed by atoms with Gasteiger partial charge in [-0.15, -0.1) is 0 Å². The van der Waals surface area contributed by atoms with Crippen LogP contribution in [0.25, 0.3) is 0 Å². The third-order valence-corrected chi connectivity index (χ3v) is 5.64. The first-order valence-corrected chi connectivity index (χ1v) is 9.41. The molecule has 2 heteroatoms. The zero-order valence-electron chi connectivity index (χ0n) is 9.83. The average Bonchev–Trinajstić information content (AvgIpc) is 2.64. The highest BCUT2D eigenvalue weighted by Crippen LogP contribution is 2.45. The number of hydrogen-bond donors (Lipinski definition) is 0. The highest BCUT2D eigenvalue weighted by Gasteiger charge is 2.31. The van der Waals surface area contributed by atoms with E-state index < -0.39 is 8.24 Å². The van der Waals surface area contributed by atoms with E-state index in [0.717, 1.165) is 11.8 Å². The molecule has 0 aromatic carbocycles. The zero-order chi connectivity index (χ0) is 10.6. The fourth-order valence-corrected chi connectivity index (χ4v) is 3.88. The maximum Gasteiger partial charge on any atom is 0.152 e. The second kappa shape index (κ2) is 2.88. The monoisotopic (exact) mass is 217 g/mol. The van der Waals surface area contributed by atoms with Crippen LogP contribution in [-0.2, 0) is 0 Å². The smallest absolute Gasteiger partial charge is 0.152 e. The van der Waals surface area contributed by atoms with Gasteiger partial charge in [-0.05, 0) is 36.4 Å². The first-order chi connectivity index (χ1) is 7.05. The van der Waals surface area contributed by atoms with Crippen molar-refractivity contribution in [3.8, 4) is 0 Å². The van der Waals surface area contributed by atoms with E-state index >= 15 is 0 Å². The van der Waals surface area contributed by atoms with Crippen LogP contribution in [0.4, 0.5) is 0 Å². The van der Waals surface area contributed by atoms with Gasteiger partial charge in [0.15, 0.2) is 8.24 Å². The minimum atomic E-state index is -1.19. The molecule has 2 bridgehead atoms. The quantitative estimate of drug-likeness (QED) is 0.499. The molecule has 0 radical (unpaired) electrons. The summed E-state index contributed by atoms with van der Waals surface area (Å²) >= 11 is 0. The summed E-state index contributed by atoms with van der Waals surface area (Å²) in [5.41, 5.74) is 3.24. The van der Waals surface area contributed by atoms with E-state index in [1.54, 1.807) is 11.1 Å². The molecule has 0 fully saturated rings. The lowest BCUT2D eigenvalue weighted by atomic mass is 9.74. The summed E-state index contributed by atoms with van der Waals surface area (Å²) in [6.07, 6.45) is 12.4. The lowest BCUT2D eigenvalue weighted by Gasteiger charge is -2.30. The molecule has 1 aromatic rings. The minimum Gasteiger partial charge on any atom is -0.381 e. The third kappa shape index (κ3) is 1.35. The second-order valence-corrected chi connectivity index (χ2v) is 10.8. The summed E-state index contributed by atoms with van der Waals surface area (Å²) in [4.78, 5) is 0. The lowest BCUT2D eigenvalue weighted by Crippen LogP contribution is -2.30. The van der Waals surface area contributed by atoms with E-state index in [4.69, 9.17) is 0 Å². The van der Waals surface area contributed by atoms with E-state index in [1.807, 2.05) is 0 Å². The van der Waals surface area contributed by atoms with Gasteiger partial charge in [0, 0.05) is 11.8 Å². The Hall–Kier alpha value is -0.763. The molecule has 0 amide bonds. The topological polar surface area (TPSA) is 4.93 Å². The summed E-state index contributed by atoms with van der Waals surface area (Å²) in [7, 11) is -1.19. The number of hydrogen-bond acceptors (Lipinski definition) is 0. The SMILES string of the molecule is C[Si](C)(C)n1cc2c(c1)C1C=CC2CC1. The number of allylic oxidation sites excluding steroid dienone is 2. The Balaban J connectivity index is 2.10. The molecule has 0 saturated carbocycles. The maximum absolute atomic E-state index is 2.52. The van der Waals surface area contributed by atoms with Crippen molar-refractivity contribution < 1.29 is 0 Å². The molecule has 3 aliphatic carbocycles. The van der Waals surface area contributed by atoms with Gasteiger partial charge in [-0.25, -0.2) is 0 Å². The fourth-order valence-electron chi connectivity index (χ4n) is 2.83. The van der Waals surface area contributed by atoms with Crippen molar-refractivity contribution in [3.63, 3.8) is 0 Å². The van der Waals surface area contributed by atoms with E-state index in [2.05, 4.69) is 48.4 Å². The molecular weight excluding hydrogens is 198 g/mol. The molecule has 0 N–H and O–H groups in total. The second-order valence-electron chi connectivity index (χ2n) is 5.92. The van der Waals surface area contributed by atoms with Crippen molar-refractivity contribution in [2.24, 2.45) is 0 Å². The van der Waals surface area contributed by atoms with Crippen molar-refractivity contribution in [2.75, 3.05) is 0 Å². The van der Waals surface area contributed by atoms with Gasteiger partial charge >= 0.3 is 0 Å². The Labute approximate surface area is 92.9 Å². The molecule has 3 aliphatic rings. The number of nitrogens with zero attached hydrogens (tertiary/aromatic N) is 1. The molecule has 1 heterocycles. The van der Waals surface area contributed by atoms with E-state index in [9.17, 15) is 0 Å². The first kappa shape index (κ1) is 9.46. The van der Waals surface area contributed by atoms with Crippen LogP contribution in [0.15, 0.2) is 24.5 Å². The number of aromatic nitrogens is 1. The summed E-state index contributed by atoms with van der Waals surface area (Å²) in [5, 5.41) is 0. The minimum absolute atomic E-state index is 0.725. The largest absolute Gasteiger partial charge is 0.381 e. The van der Waals surface area contributed by atoms with Crippen LogP contribution in [0.5, 0.6) is 0 Å². The van der Waals surface area contributed by atoms with Crippen LogP contribution in [0.1, 0.15) is 35.8 Å². The van der Waals surface area contributed by atoms with Gasteiger partial charge in [0.1, 0.15) is 0 Å². The Kier molecular flexibility index (Phi) is 1.82. The van der Waals surface area contributed by atoms with Crippen molar-refractivity contribution in [1.82, 2.24) is 4.23 Å². The molecule has 1 aromatic heterocycles. The normalized spacial score (nSPS) is 28.2. The molecule has 0 spiro atoms. The van der Waals surface area contributed by atoms with Crippen LogP contribution in [0.3, 0.4) is 0 Å². The fraction of sp³-hybridized carbons (Fsp3) is 0.538. The molecule has 4 rings (SSSR count). The molecular formula is C13H19NSi. The van der Waals surface area contributed by atoms with Crippen molar-refractivity contribution in [1.29, 1.82) is 0 Å². The van der Waals surface area contributed by atoms with E-state index in [-0.39, 0.29) is 0 Å². The third-order valence-electron chi connectivity index (χ3n) is 3.83. The molecule has 80 valence electrons. The first-order valence-electron chi connectivity index (χ1n) is 5.96. The predicted molar refractivity (Wildman–Crippen MR) is 67.0 cm³/mol. The van der Waals surface area contributed by atoms with Gasteiger partial charge in [-0.3, -0.25) is 0 Å². The van der Waals surface area contributed by atoms with Gasteiger partial charge in [0.05, 0.1) is 0 Å².